The zero-order valence-corrected chi connectivity index (χ0v) is 16.5. The topological polar surface area (TPSA) is 107 Å². The molecule has 0 amide bonds. The molecule has 150 valence electrons. The van der Waals surface area contributed by atoms with Crippen molar-refractivity contribution in [3.05, 3.63) is 71.0 Å². The van der Waals surface area contributed by atoms with Crippen LogP contribution in [-0.4, -0.2) is 29.0 Å². The van der Waals surface area contributed by atoms with Crippen molar-refractivity contribution in [3.8, 4) is 0 Å². The number of hydrogen-bond donors (Lipinski definition) is 1. The van der Waals surface area contributed by atoms with Crippen molar-refractivity contribution in [2.24, 2.45) is 0 Å². The predicted molar refractivity (Wildman–Crippen MR) is 106 cm³/mol. The molecule has 0 saturated carbocycles. The molecule has 0 fully saturated rings. The highest BCUT2D eigenvalue weighted by molar-refractivity contribution is 7.93. The smallest absolute Gasteiger partial charge is 0.408 e. The molecule has 0 radical (unpaired) electrons. The number of nitrogens with one attached hydrogen (secondary N) is 1. The number of halogens is 1. The zero-order chi connectivity index (χ0) is 20.4. The number of alkyl halides is 1. The van der Waals surface area contributed by atoms with Crippen LogP contribution in [0.5, 0.6) is 0 Å². The highest BCUT2D eigenvalue weighted by Gasteiger charge is 2.23. The molecular formula is C18H15FN4O4S2. The van der Waals surface area contributed by atoms with Gasteiger partial charge in [-0.2, -0.15) is 4.37 Å². The molecule has 8 nitrogen and oxygen atoms in total. The first-order valence-corrected chi connectivity index (χ1v) is 10.8. The van der Waals surface area contributed by atoms with Crippen molar-refractivity contribution in [1.29, 1.82) is 0 Å². The lowest BCUT2D eigenvalue weighted by molar-refractivity contribution is 0.395. The first-order valence-electron chi connectivity index (χ1n) is 8.55. The van der Waals surface area contributed by atoms with Crippen LogP contribution in [0.4, 0.5) is 9.52 Å². The molecule has 2 aromatic heterocycles. The largest absolute Gasteiger partial charge is 0.420 e. The Labute approximate surface area is 168 Å². The van der Waals surface area contributed by atoms with E-state index in [1.54, 1.807) is 24.3 Å². The Morgan fingerprint density at radius 2 is 2.00 bits per heavy atom. The number of rotatable bonds is 7. The van der Waals surface area contributed by atoms with E-state index in [0.717, 1.165) is 17.1 Å². The number of sulfonamides is 1. The Kier molecular flexibility index (Phi) is 5.16. The molecule has 1 N–H and O–H groups in total. The monoisotopic (exact) mass is 434 g/mol. The van der Waals surface area contributed by atoms with Crippen molar-refractivity contribution in [2.75, 3.05) is 11.4 Å². The lowest BCUT2D eigenvalue weighted by Crippen LogP contribution is -2.22. The lowest BCUT2D eigenvalue weighted by Gasteiger charge is -2.17. The first kappa shape index (κ1) is 19.3. The van der Waals surface area contributed by atoms with Gasteiger partial charge < -0.3 is 4.42 Å². The minimum Gasteiger partial charge on any atom is -0.408 e. The number of hydrogen-bond acceptors (Lipinski definition) is 7. The molecule has 2 aromatic carbocycles. The first-order chi connectivity index (χ1) is 14.0. The summed E-state index contributed by atoms with van der Waals surface area (Å²) in [5.74, 6) is -0.686. The van der Waals surface area contributed by atoms with Crippen LogP contribution in [0, 0.1) is 0 Å². The molecule has 0 aliphatic heterocycles. The third-order valence-corrected chi connectivity index (χ3v) is 6.40. The van der Waals surface area contributed by atoms with E-state index in [9.17, 15) is 17.6 Å². The van der Waals surface area contributed by atoms with Crippen LogP contribution in [0.15, 0.2) is 69.0 Å². The summed E-state index contributed by atoms with van der Waals surface area (Å²) in [4.78, 5) is 16.2. The van der Waals surface area contributed by atoms with Crippen LogP contribution in [0.1, 0.15) is 18.0 Å². The summed E-state index contributed by atoms with van der Waals surface area (Å²) in [6.45, 7) is -0.628. The van der Waals surface area contributed by atoms with E-state index in [-0.39, 0.29) is 22.0 Å². The molecule has 0 aliphatic rings. The molecular weight excluding hydrogens is 419 g/mol. The molecule has 0 bridgehead atoms. The van der Waals surface area contributed by atoms with Gasteiger partial charge in [-0.25, -0.2) is 18.2 Å². The maximum absolute atomic E-state index is 13.2. The molecule has 4 aromatic rings. The SMILES string of the molecule is O=c1oc2cc(S(=O)(=O)Nc3ncns3)ccc2n1C(CCF)c1ccccc1. The molecule has 0 saturated heterocycles. The fraction of sp³-hybridized carbons (Fsp3) is 0.167. The van der Waals surface area contributed by atoms with Crippen molar-refractivity contribution in [2.45, 2.75) is 17.4 Å². The van der Waals surface area contributed by atoms with Crippen LogP contribution < -0.4 is 10.5 Å². The molecule has 4 rings (SSSR count). The standard InChI is InChI=1S/C18H15FN4O4S2/c19-9-8-14(12-4-2-1-3-5-12)23-15-7-6-13(10-16(15)27-18(23)24)29(25,26)22-17-20-11-21-28-17/h1-7,10-11,14H,8-9H2,(H,20,21,22). The Bertz CT molecular complexity index is 1280. The van der Waals surface area contributed by atoms with Crippen LogP contribution in [0.25, 0.3) is 11.1 Å². The van der Waals surface area contributed by atoms with Crippen molar-refractivity contribution in [3.63, 3.8) is 0 Å². The van der Waals surface area contributed by atoms with E-state index in [2.05, 4.69) is 14.1 Å². The minimum atomic E-state index is -3.93. The van der Waals surface area contributed by atoms with E-state index in [4.69, 9.17) is 4.42 Å². The number of benzene rings is 2. The quantitative estimate of drug-likeness (QED) is 0.479. The van der Waals surface area contributed by atoms with E-state index in [0.29, 0.717) is 5.52 Å². The number of anilines is 1. The summed E-state index contributed by atoms with van der Waals surface area (Å²) >= 11 is 0.897. The average Bonchev–Trinajstić information content (AvgIpc) is 3.32. The van der Waals surface area contributed by atoms with Crippen LogP contribution in [0.3, 0.4) is 0 Å². The molecule has 2 heterocycles. The summed E-state index contributed by atoms with van der Waals surface area (Å²) in [5, 5.41) is 0.121. The molecule has 1 atom stereocenters. The number of fused-ring (bicyclic) bond motifs is 1. The van der Waals surface area contributed by atoms with Gasteiger partial charge in [0.25, 0.3) is 10.0 Å². The summed E-state index contributed by atoms with van der Waals surface area (Å²) in [6, 6.07) is 12.6. The summed E-state index contributed by atoms with van der Waals surface area (Å²) in [5.41, 5.74) is 1.23. The maximum Gasteiger partial charge on any atom is 0.420 e. The Hall–Kier alpha value is -3.05. The second kappa shape index (κ2) is 7.76. The third kappa shape index (κ3) is 3.78. The third-order valence-electron chi connectivity index (χ3n) is 4.36. The second-order valence-electron chi connectivity index (χ2n) is 6.12. The van der Waals surface area contributed by atoms with E-state index in [1.807, 2.05) is 6.07 Å². The van der Waals surface area contributed by atoms with Crippen LogP contribution in [0.2, 0.25) is 0 Å². The highest BCUT2D eigenvalue weighted by Crippen LogP contribution is 2.27. The van der Waals surface area contributed by atoms with Crippen molar-refractivity contribution >= 4 is 37.8 Å². The number of oxazole rings is 1. The normalized spacial score (nSPS) is 12.9. The Balaban J connectivity index is 1.78. The van der Waals surface area contributed by atoms with E-state index in [1.165, 1.54) is 29.1 Å². The van der Waals surface area contributed by atoms with Gasteiger partial charge in [0.05, 0.1) is 23.1 Å². The van der Waals surface area contributed by atoms with Crippen molar-refractivity contribution < 1.29 is 17.2 Å². The fourth-order valence-electron chi connectivity index (χ4n) is 3.09. The predicted octanol–water partition coefficient (Wildman–Crippen LogP) is 3.20. The highest BCUT2D eigenvalue weighted by atomic mass is 32.2. The van der Waals surface area contributed by atoms with Gasteiger partial charge in [0.2, 0.25) is 5.13 Å². The summed E-state index contributed by atoms with van der Waals surface area (Å²) < 4.78 is 51.0. The number of aromatic nitrogens is 3. The maximum atomic E-state index is 13.2. The molecule has 0 aliphatic carbocycles. The van der Waals surface area contributed by atoms with Crippen LogP contribution >= 0.6 is 11.5 Å². The van der Waals surface area contributed by atoms with Crippen molar-refractivity contribution in [1.82, 2.24) is 13.9 Å². The van der Waals surface area contributed by atoms with Gasteiger partial charge in [0.15, 0.2) is 5.58 Å². The summed E-state index contributed by atoms with van der Waals surface area (Å²) in [7, 11) is -3.93. The number of nitrogens with zero attached hydrogens (tertiary/aromatic N) is 3. The molecule has 0 spiro atoms. The van der Waals surface area contributed by atoms with Gasteiger partial charge >= 0.3 is 5.76 Å². The van der Waals surface area contributed by atoms with E-state index < -0.39 is 28.5 Å². The Morgan fingerprint density at radius 3 is 2.69 bits per heavy atom. The van der Waals surface area contributed by atoms with Gasteiger partial charge in [-0.15, -0.1) is 0 Å². The van der Waals surface area contributed by atoms with Gasteiger partial charge in [-0.3, -0.25) is 13.7 Å². The Morgan fingerprint density at radius 1 is 1.21 bits per heavy atom. The second-order valence-corrected chi connectivity index (χ2v) is 8.59. The average molecular weight is 434 g/mol. The van der Waals surface area contributed by atoms with Gasteiger partial charge in [0.1, 0.15) is 6.33 Å². The van der Waals surface area contributed by atoms with E-state index >= 15 is 0 Å². The molecule has 11 heteroatoms. The fourth-order valence-corrected chi connectivity index (χ4v) is 4.77. The summed E-state index contributed by atoms with van der Waals surface area (Å²) in [6.07, 6.45) is 1.32. The van der Waals surface area contributed by atoms with Gasteiger partial charge in [-0.1, -0.05) is 30.3 Å². The minimum absolute atomic E-state index is 0.0806. The lowest BCUT2D eigenvalue weighted by atomic mass is 10.0. The van der Waals surface area contributed by atoms with Gasteiger partial charge in [0, 0.05) is 24.0 Å². The van der Waals surface area contributed by atoms with Gasteiger partial charge in [-0.05, 0) is 17.7 Å². The molecule has 1 unspecified atom stereocenters. The zero-order valence-electron chi connectivity index (χ0n) is 14.9. The molecule has 29 heavy (non-hydrogen) atoms. The van der Waals surface area contributed by atoms with Crippen LogP contribution in [-0.2, 0) is 10.0 Å².